The molecular formula is C12H17N. The first-order valence-corrected chi connectivity index (χ1v) is 4.48. The molecule has 0 amide bonds. The lowest BCUT2D eigenvalue weighted by Gasteiger charge is -2.20. The topological polar surface area (TPSA) is 3.24 Å². The highest BCUT2D eigenvalue weighted by Gasteiger charge is 2.07. The van der Waals surface area contributed by atoms with Crippen LogP contribution in [-0.2, 0) is 0 Å². The molecule has 0 heterocycles. The van der Waals surface area contributed by atoms with E-state index in [2.05, 4.69) is 51.6 Å². The van der Waals surface area contributed by atoms with Crippen LogP contribution in [0.4, 0.5) is 5.69 Å². The number of hydrogen-bond donors (Lipinski definition) is 0. The molecule has 0 fully saturated rings. The van der Waals surface area contributed by atoms with E-state index in [0.717, 1.165) is 0 Å². The largest absolute Gasteiger partial charge is 0.377 e. The van der Waals surface area contributed by atoms with Gasteiger partial charge in [0, 0.05) is 25.3 Å². The van der Waals surface area contributed by atoms with Crippen LogP contribution in [0, 0.1) is 13.8 Å². The van der Waals surface area contributed by atoms with Crippen molar-refractivity contribution < 1.29 is 0 Å². The van der Waals surface area contributed by atoms with Gasteiger partial charge in [0.25, 0.3) is 0 Å². The SMILES string of the molecule is C=Cc1c(C)ccc(C)c1N(C)C. The Morgan fingerprint density at radius 3 is 2.08 bits per heavy atom. The van der Waals surface area contributed by atoms with E-state index in [1.54, 1.807) is 0 Å². The molecule has 1 rings (SSSR count). The number of benzene rings is 1. The predicted octanol–water partition coefficient (Wildman–Crippen LogP) is 3.01. The van der Waals surface area contributed by atoms with Crippen molar-refractivity contribution in [2.75, 3.05) is 19.0 Å². The predicted molar refractivity (Wildman–Crippen MR) is 60.3 cm³/mol. The van der Waals surface area contributed by atoms with Crippen LogP contribution in [0.15, 0.2) is 18.7 Å². The summed E-state index contributed by atoms with van der Waals surface area (Å²) in [5, 5.41) is 0. The van der Waals surface area contributed by atoms with Crippen molar-refractivity contribution in [2.24, 2.45) is 0 Å². The summed E-state index contributed by atoms with van der Waals surface area (Å²) < 4.78 is 0. The maximum absolute atomic E-state index is 3.85. The highest BCUT2D eigenvalue weighted by molar-refractivity contribution is 5.72. The molecule has 1 heteroatoms. The van der Waals surface area contributed by atoms with Gasteiger partial charge in [0.15, 0.2) is 0 Å². The Bertz CT molecular complexity index is 324. The molecule has 0 aromatic heterocycles. The van der Waals surface area contributed by atoms with Gasteiger partial charge >= 0.3 is 0 Å². The second kappa shape index (κ2) is 3.65. The van der Waals surface area contributed by atoms with Gasteiger partial charge in [-0.25, -0.2) is 0 Å². The molecule has 13 heavy (non-hydrogen) atoms. The molecule has 0 radical (unpaired) electrons. The second-order valence-corrected chi connectivity index (χ2v) is 3.56. The first kappa shape index (κ1) is 9.85. The van der Waals surface area contributed by atoms with E-state index >= 15 is 0 Å². The Morgan fingerprint density at radius 2 is 1.69 bits per heavy atom. The van der Waals surface area contributed by atoms with Gasteiger partial charge in [0.1, 0.15) is 0 Å². The van der Waals surface area contributed by atoms with E-state index in [1.807, 2.05) is 6.08 Å². The van der Waals surface area contributed by atoms with Crippen molar-refractivity contribution in [2.45, 2.75) is 13.8 Å². The van der Waals surface area contributed by atoms with Gasteiger partial charge in [-0.2, -0.15) is 0 Å². The van der Waals surface area contributed by atoms with Crippen LogP contribution in [0.25, 0.3) is 6.08 Å². The molecule has 1 nitrogen and oxygen atoms in total. The molecule has 0 saturated heterocycles. The van der Waals surface area contributed by atoms with Crippen molar-refractivity contribution in [3.63, 3.8) is 0 Å². The molecule has 0 aliphatic heterocycles. The molecule has 0 unspecified atom stereocenters. The number of nitrogens with zero attached hydrogens (tertiary/aromatic N) is 1. The Kier molecular flexibility index (Phi) is 2.76. The smallest absolute Gasteiger partial charge is 0.0466 e. The minimum Gasteiger partial charge on any atom is -0.377 e. The summed E-state index contributed by atoms with van der Waals surface area (Å²) in [5.41, 5.74) is 5.09. The van der Waals surface area contributed by atoms with Gasteiger partial charge in [-0.3, -0.25) is 0 Å². The molecule has 0 N–H and O–H groups in total. The minimum atomic E-state index is 1.24. The summed E-state index contributed by atoms with van der Waals surface area (Å²) in [5.74, 6) is 0. The van der Waals surface area contributed by atoms with Gasteiger partial charge in [-0.1, -0.05) is 24.8 Å². The molecule has 0 saturated carbocycles. The van der Waals surface area contributed by atoms with Gasteiger partial charge in [0.2, 0.25) is 0 Å². The zero-order valence-electron chi connectivity index (χ0n) is 8.89. The Morgan fingerprint density at radius 1 is 1.15 bits per heavy atom. The highest BCUT2D eigenvalue weighted by atomic mass is 15.1. The van der Waals surface area contributed by atoms with Crippen LogP contribution >= 0.6 is 0 Å². The Hall–Kier alpha value is -1.24. The standard InChI is InChI=1S/C12H17N/c1-6-11-9(2)7-8-10(3)12(11)13(4)5/h6-8H,1H2,2-5H3. The van der Waals surface area contributed by atoms with E-state index in [1.165, 1.54) is 22.4 Å². The lowest BCUT2D eigenvalue weighted by molar-refractivity contribution is 1.10. The number of hydrogen-bond acceptors (Lipinski definition) is 1. The maximum atomic E-state index is 3.85. The molecule has 0 aliphatic rings. The summed E-state index contributed by atoms with van der Waals surface area (Å²) in [6, 6.07) is 4.29. The van der Waals surface area contributed by atoms with Gasteiger partial charge < -0.3 is 4.90 Å². The normalized spacial score (nSPS) is 9.85. The van der Waals surface area contributed by atoms with Crippen LogP contribution in [0.1, 0.15) is 16.7 Å². The molecule has 1 aromatic carbocycles. The molecule has 0 bridgehead atoms. The van der Waals surface area contributed by atoms with Gasteiger partial charge in [-0.15, -0.1) is 0 Å². The summed E-state index contributed by atoms with van der Waals surface area (Å²) in [4.78, 5) is 2.14. The van der Waals surface area contributed by atoms with Crippen LogP contribution in [0.5, 0.6) is 0 Å². The highest BCUT2D eigenvalue weighted by Crippen LogP contribution is 2.27. The van der Waals surface area contributed by atoms with Crippen molar-refractivity contribution in [1.82, 2.24) is 0 Å². The summed E-state index contributed by atoms with van der Waals surface area (Å²) >= 11 is 0. The molecule has 0 spiro atoms. The zero-order valence-corrected chi connectivity index (χ0v) is 8.89. The lowest BCUT2D eigenvalue weighted by Crippen LogP contribution is -2.12. The average Bonchev–Trinajstić information content (AvgIpc) is 2.07. The van der Waals surface area contributed by atoms with Crippen LogP contribution in [0.2, 0.25) is 0 Å². The van der Waals surface area contributed by atoms with Gasteiger partial charge in [-0.05, 0) is 25.0 Å². The quantitative estimate of drug-likeness (QED) is 0.668. The third-order valence-corrected chi connectivity index (χ3v) is 2.29. The van der Waals surface area contributed by atoms with Crippen molar-refractivity contribution in [3.05, 3.63) is 35.4 Å². The van der Waals surface area contributed by atoms with Crippen molar-refractivity contribution in [3.8, 4) is 0 Å². The van der Waals surface area contributed by atoms with Crippen molar-refractivity contribution >= 4 is 11.8 Å². The third kappa shape index (κ3) is 1.74. The Labute approximate surface area is 80.7 Å². The van der Waals surface area contributed by atoms with E-state index < -0.39 is 0 Å². The molecule has 0 aliphatic carbocycles. The first-order valence-electron chi connectivity index (χ1n) is 4.48. The molecular weight excluding hydrogens is 158 g/mol. The fourth-order valence-electron chi connectivity index (χ4n) is 1.67. The molecule has 70 valence electrons. The fourth-order valence-corrected chi connectivity index (χ4v) is 1.67. The molecule has 1 aromatic rings. The lowest BCUT2D eigenvalue weighted by atomic mass is 10.0. The zero-order chi connectivity index (χ0) is 10.0. The van der Waals surface area contributed by atoms with Crippen LogP contribution in [0.3, 0.4) is 0 Å². The van der Waals surface area contributed by atoms with E-state index in [9.17, 15) is 0 Å². The summed E-state index contributed by atoms with van der Waals surface area (Å²) in [6.07, 6.45) is 1.93. The van der Waals surface area contributed by atoms with Crippen LogP contribution in [-0.4, -0.2) is 14.1 Å². The van der Waals surface area contributed by atoms with Crippen LogP contribution < -0.4 is 4.90 Å². The summed E-state index contributed by atoms with van der Waals surface area (Å²) in [6.45, 7) is 8.09. The molecule has 0 atom stereocenters. The van der Waals surface area contributed by atoms with Gasteiger partial charge in [0.05, 0.1) is 0 Å². The summed E-state index contributed by atoms with van der Waals surface area (Å²) in [7, 11) is 4.13. The average molecular weight is 175 g/mol. The maximum Gasteiger partial charge on any atom is 0.0466 e. The number of rotatable bonds is 2. The monoisotopic (exact) mass is 175 g/mol. The van der Waals surface area contributed by atoms with E-state index in [-0.39, 0.29) is 0 Å². The minimum absolute atomic E-state index is 1.24. The first-order chi connectivity index (χ1) is 6.07. The van der Waals surface area contributed by atoms with E-state index in [0.29, 0.717) is 0 Å². The second-order valence-electron chi connectivity index (χ2n) is 3.56. The third-order valence-electron chi connectivity index (χ3n) is 2.29. The van der Waals surface area contributed by atoms with E-state index in [4.69, 9.17) is 0 Å². The number of anilines is 1. The Balaban J connectivity index is 3.43. The fraction of sp³-hybridized carbons (Fsp3) is 0.333. The van der Waals surface area contributed by atoms with Crippen molar-refractivity contribution in [1.29, 1.82) is 0 Å². The number of aryl methyl sites for hydroxylation is 2.